The SMILES string of the molecule is COc1ccc2c(c1)c(CC(=O)O)cn2Cc1ccccc1NCc1cccc(C(F)(F)F)c1. The van der Waals surface area contributed by atoms with E-state index in [1.54, 1.807) is 13.2 Å². The molecule has 1 aromatic heterocycles. The summed E-state index contributed by atoms with van der Waals surface area (Å²) in [5, 5.41) is 13.4. The van der Waals surface area contributed by atoms with Crippen molar-refractivity contribution in [1.82, 2.24) is 4.57 Å². The van der Waals surface area contributed by atoms with E-state index < -0.39 is 17.7 Å². The number of aromatic nitrogens is 1. The molecule has 34 heavy (non-hydrogen) atoms. The molecule has 4 aromatic rings. The number of hydrogen-bond acceptors (Lipinski definition) is 3. The molecule has 5 nitrogen and oxygen atoms in total. The van der Waals surface area contributed by atoms with Gasteiger partial charge in [-0.25, -0.2) is 0 Å². The summed E-state index contributed by atoms with van der Waals surface area (Å²) in [6.45, 7) is 0.684. The number of ether oxygens (including phenoxy) is 1. The van der Waals surface area contributed by atoms with Crippen LogP contribution in [0.5, 0.6) is 5.75 Å². The molecule has 0 fully saturated rings. The fourth-order valence-electron chi connectivity index (χ4n) is 3.98. The molecule has 0 aliphatic rings. The van der Waals surface area contributed by atoms with Crippen LogP contribution in [0.3, 0.4) is 0 Å². The molecule has 8 heteroatoms. The largest absolute Gasteiger partial charge is 0.497 e. The van der Waals surface area contributed by atoms with Crippen LogP contribution in [0.1, 0.15) is 22.3 Å². The van der Waals surface area contributed by atoms with Gasteiger partial charge in [-0.1, -0.05) is 30.3 Å². The van der Waals surface area contributed by atoms with Crippen LogP contribution in [0, 0.1) is 0 Å². The van der Waals surface area contributed by atoms with E-state index in [0.29, 0.717) is 23.4 Å². The van der Waals surface area contributed by atoms with Gasteiger partial charge in [0.1, 0.15) is 5.75 Å². The topological polar surface area (TPSA) is 63.5 Å². The minimum absolute atomic E-state index is 0.119. The number of aliphatic carboxylic acids is 1. The van der Waals surface area contributed by atoms with Gasteiger partial charge in [-0.15, -0.1) is 0 Å². The minimum atomic E-state index is -4.39. The fraction of sp³-hybridized carbons (Fsp3) is 0.192. The van der Waals surface area contributed by atoms with Crippen molar-refractivity contribution in [3.05, 3.63) is 95.2 Å². The summed E-state index contributed by atoms with van der Waals surface area (Å²) in [7, 11) is 1.56. The molecule has 0 atom stereocenters. The summed E-state index contributed by atoms with van der Waals surface area (Å²) in [5.41, 5.74) is 3.09. The second kappa shape index (κ2) is 9.51. The molecule has 0 bridgehead atoms. The number of fused-ring (bicyclic) bond motifs is 1. The van der Waals surface area contributed by atoms with E-state index in [4.69, 9.17) is 4.74 Å². The smallest absolute Gasteiger partial charge is 0.416 e. The number of rotatable bonds is 8. The zero-order valence-corrected chi connectivity index (χ0v) is 18.4. The first kappa shape index (κ1) is 23.2. The summed E-state index contributed by atoms with van der Waals surface area (Å²) >= 11 is 0. The maximum atomic E-state index is 13.0. The van der Waals surface area contributed by atoms with Gasteiger partial charge in [-0.3, -0.25) is 4.79 Å². The Morgan fingerprint density at radius 3 is 2.56 bits per heavy atom. The number of carbonyl (C=O) groups is 1. The Kier molecular flexibility index (Phi) is 6.49. The molecule has 3 aromatic carbocycles. The Labute approximate surface area is 194 Å². The second-order valence-electron chi connectivity index (χ2n) is 7.94. The first-order valence-corrected chi connectivity index (χ1v) is 10.6. The van der Waals surface area contributed by atoms with Crippen LogP contribution in [0.15, 0.2) is 72.9 Å². The quantitative estimate of drug-likeness (QED) is 0.335. The van der Waals surface area contributed by atoms with E-state index in [-0.39, 0.29) is 13.0 Å². The molecular weight excluding hydrogens is 445 g/mol. The van der Waals surface area contributed by atoms with E-state index >= 15 is 0 Å². The summed E-state index contributed by atoms with van der Waals surface area (Å²) < 4.78 is 46.3. The van der Waals surface area contributed by atoms with Crippen molar-refractivity contribution in [2.45, 2.75) is 25.7 Å². The molecular formula is C26H23F3N2O3. The summed E-state index contributed by atoms with van der Waals surface area (Å²) in [5.74, 6) is -0.287. The predicted molar refractivity (Wildman–Crippen MR) is 124 cm³/mol. The third-order valence-electron chi connectivity index (χ3n) is 5.61. The van der Waals surface area contributed by atoms with E-state index in [2.05, 4.69) is 5.32 Å². The van der Waals surface area contributed by atoms with Crippen LogP contribution in [-0.2, 0) is 30.5 Å². The Morgan fingerprint density at radius 2 is 1.82 bits per heavy atom. The summed E-state index contributed by atoms with van der Waals surface area (Å²) in [6, 6.07) is 18.3. The van der Waals surface area contributed by atoms with Gasteiger partial charge in [0.05, 0.1) is 19.1 Å². The molecule has 176 valence electrons. The monoisotopic (exact) mass is 468 g/mol. The Balaban J connectivity index is 1.61. The van der Waals surface area contributed by atoms with Crippen molar-refractivity contribution in [1.29, 1.82) is 0 Å². The summed E-state index contributed by atoms with van der Waals surface area (Å²) in [6.07, 6.45) is -2.69. The number of nitrogens with one attached hydrogen (secondary N) is 1. The molecule has 0 radical (unpaired) electrons. The van der Waals surface area contributed by atoms with Gasteiger partial charge < -0.3 is 19.7 Å². The molecule has 0 amide bonds. The molecule has 0 saturated heterocycles. The number of methoxy groups -OCH3 is 1. The van der Waals surface area contributed by atoms with Crippen LogP contribution in [-0.4, -0.2) is 22.8 Å². The minimum Gasteiger partial charge on any atom is -0.497 e. The molecule has 2 N–H and O–H groups in total. The Bertz CT molecular complexity index is 1330. The van der Waals surface area contributed by atoms with E-state index in [0.717, 1.165) is 34.3 Å². The number of para-hydroxylation sites is 1. The molecule has 0 aliphatic heterocycles. The van der Waals surface area contributed by atoms with Crippen molar-refractivity contribution in [2.24, 2.45) is 0 Å². The van der Waals surface area contributed by atoms with Gasteiger partial charge in [-0.05, 0) is 53.1 Å². The zero-order chi connectivity index (χ0) is 24.3. The first-order valence-electron chi connectivity index (χ1n) is 10.6. The number of carboxylic acids is 1. The number of halogens is 3. The highest BCUT2D eigenvalue weighted by Crippen LogP contribution is 2.31. The zero-order valence-electron chi connectivity index (χ0n) is 18.4. The number of anilines is 1. The van der Waals surface area contributed by atoms with Crippen LogP contribution < -0.4 is 10.1 Å². The average molecular weight is 468 g/mol. The Hall–Kier alpha value is -3.94. The van der Waals surface area contributed by atoms with E-state index in [1.807, 2.05) is 53.2 Å². The van der Waals surface area contributed by atoms with Gasteiger partial charge in [0.15, 0.2) is 0 Å². The third-order valence-corrected chi connectivity index (χ3v) is 5.61. The lowest BCUT2D eigenvalue weighted by molar-refractivity contribution is -0.138. The van der Waals surface area contributed by atoms with Crippen molar-refractivity contribution in [2.75, 3.05) is 12.4 Å². The van der Waals surface area contributed by atoms with Gasteiger partial charge in [0.2, 0.25) is 0 Å². The molecule has 4 rings (SSSR count). The molecule has 0 aliphatic carbocycles. The third kappa shape index (κ3) is 5.17. The van der Waals surface area contributed by atoms with Crippen molar-refractivity contribution in [3.8, 4) is 5.75 Å². The van der Waals surface area contributed by atoms with Gasteiger partial charge >= 0.3 is 12.1 Å². The van der Waals surface area contributed by atoms with Crippen LogP contribution in [0.4, 0.5) is 18.9 Å². The molecule has 0 unspecified atom stereocenters. The van der Waals surface area contributed by atoms with E-state index in [9.17, 15) is 23.1 Å². The highest BCUT2D eigenvalue weighted by Gasteiger charge is 2.30. The number of nitrogens with zero attached hydrogens (tertiary/aromatic N) is 1. The van der Waals surface area contributed by atoms with Crippen LogP contribution in [0.2, 0.25) is 0 Å². The number of hydrogen-bond donors (Lipinski definition) is 2. The van der Waals surface area contributed by atoms with Crippen LogP contribution >= 0.6 is 0 Å². The highest BCUT2D eigenvalue weighted by molar-refractivity contribution is 5.88. The van der Waals surface area contributed by atoms with Gasteiger partial charge in [-0.2, -0.15) is 13.2 Å². The van der Waals surface area contributed by atoms with Crippen molar-refractivity contribution < 1.29 is 27.8 Å². The number of alkyl halides is 3. The average Bonchev–Trinajstić information content (AvgIpc) is 3.13. The number of carboxylic acid groups (broad SMARTS) is 1. The maximum Gasteiger partial charge on any atom is 0.416 e. The molecule has 1 heterocycles. The fourth-order valence-corrected chi connectivity index (χ4v) is 3.98. The van der Waals surface area contributed by atoms with Crippen LogP contribution in [0.25, 0.3) is 10.9 Å². The molecule has 0 saturated carbocycles. The van der Waals surface area contributed by atoms with Crippen molar-refractivity contribution >= 4 is 22.6 Å². The Morgan fingerprint density at radius 1 is 1.03 bits per heavy atom. The van der Waals surface area contributed by atoms with Gasteiger partial charge in [0.25, 0.3) is 0 Å². The lowest BCUT2D eigenvalue weighted by Gasteiger charge is -2.14. The first-order chi connectivity index (χ1) is 16.2. The lowest BCUT2D eigenvalue weighted by Crippen LogP contribution is -2.08. The summed E-state index contributed by atoms with van der Waals surface area (Å²) in [4.78, 5) is 11.4. The van der Waals surface area contributed by atoms with Crippen molar-refractivity contribution in [3.63, 3.8) is 0 Å². The predicted octanol–water partition coefficient (Wildman–Crippen LogP) is 5.96. The standard InChI is InChI=1S/C26H23F3N2O3/c1-34-21-9-10-24-22(13-21)19(12-25(32)33)16-31(24)15-18-6-2-3-8-23(18)30-14-17-5-4-7-20(11-17)26(27,28)29/h2-11,13,16,30H,12,14-15H2,1H3,(H,32,33). The maximum absolute atomic E-state index is 13.0. The number of benzene rings is 3. The normalized spacial score (nSPS) is 11.5. The van der Waals surface area contributed by atoms with E-state index in [1.165, 1.54) is 6.07 Å². The highest BCUT2D eigenvalue weighted by atomic mass is 19.4. The second-order valence-corrected chi connectivity index (χ2v) is 7.94. The van der Waals surface area contributed by atoms with Gasteiger partial charge in [0, 0.05) is 35.9 Å². The lowest BCUT2D eigenvalue weighted by atomic mass is 10.1. The molecule has 0 spiro atoms.